The summed E-state index contributed by atoms with van der Waals surface area (Å²) >= 11 is 1.72. The number of allylic oxidation sites excluding steroid dienone is 8. The van der Waals surface area contributed by atoms with E-state index in [9.17, 15) is 4.79 Å². The van der Waals surface area contributed by atoms with Crippen LogP contribution in [0.3, 0.4) is 0 Å². The van der Waals surface area contributed by atoms with E-state index in [0.29, 0.717) is 6.42 Å². The van der Waals surface area contributed by atoms with Crippen LogP contribution in [0.1, 0.15) is 114 Å². The van der Waals surface area contributed by atoms with Gasteiger partial charge in [-0.05, 0) is 125 Å². The van der Waals surface area contributed by atoms with Gasteiger partial charge in [0.15, 0.2) is 5.78 Å². The standard InChI is InChI=1S/C45H54OS/c1-3-38-31-45(46)44(40-25-23-39(24-26-40)42-27-28-47-32-42)30-41-15-7-12-34(13-8-16-43(38)41)17-18-35-19-21-37(22-20-35)29-36-11-5-4-9-33(2)10-6-14-36/h12,15-16,19-28,30,32-33,36,38H,3-11,13-14,17-18,29,31H2,1-2H3. The Morgan fingerprint density at radius 1 is 0.766 bits per heavy atom. The van der Waals surface area contributed by atoms with Crippen molar-refractivity contribution in [3.63, 3.8) is 0 Å². The van der Waals surface area contributed by atoms with Gasteiger partial charge in [0.25, 0.3) is 0 Å². The Morgan fingerprint density at radius 3 is 2.30 bits per heavy atom. The Hall–Kier alpha value is -3.23. The predicted octanol–water partition coefficient (Wildman–Crippen LogP) is 12.9. The molecule has 2 aromatic carbocycles. The molecule has 0 saturated heterocycles. The Kier molecular flexibility index (Phi) is 12.0. The van der Waals surface area contributed by atoms with Crippen molar-refractivity contribution >= 4 is 22.7 Å². The summed E-state index contributed by atoms with van der Waals surface area (Å²) in [6.45, 7) is 4.68. The lowest BCUT2D eigenvalue weighted by molar-refractivity contribution is -0.114. The third-order valence-corrected chi connectivity index (χ3v) is 11.8. The normalized spacial score (nSPS) is 22.9. The van der Waals surface area contributed by atoms with Crippen molar-refractivity contribution in [3.8, 4) is 11.1 Å². The van der Waals surface area contributed by atoms with E-state index in [-0.39, 0.29) is 11.7 Å². The molecule has 0 aliphatic heterocycles. The Morgan fingerprint density at radius 2 is 1.51 bits per heavy atom. The predicted molar refractivity (Wildman–Crippen MR) is 203 cm³/mol. The number of thiophene rings is 1. The van der Waals surface area contributed by atoms with Crippen molar-refractivity contribution in [2.45, 2.75) is 110 Å². The van der Waals surface area contributed by atoms with Crippen molar-refractivity contribution in [3.05, 3.63) is 123 Å². The molecule has 6 rings (SSSR count). The minimum atomic E-state index is 0.267. The third kappa shape index (κ3) is 9.23. The van der Waals surface area contributed by atoms with Gasteiger partial charge >= 0.3 is 0 Å². The van der Waals surface area contributed by atoms with Gasteiger partial charge < -0.3 is 0 Å². The molecule has 0 radical (unpaired) electrons. The number of Topliss-reactive ketones (excluding diaryl/α,β-unsaturated/α-hetero) is 1. The van der Waals surface area contributed by atoms with Crippen LogP contribution in [0.15, 0.2) is 106 Å². The van der Waals surface area contributed by atoms with Crippen LogP contribution in [0.2, 0.25) is 0 Å². The first-order valence-electron chi connectivity index (χ1n) is 18.6. The largest absolute Gasteiger partial charge is 0.294 e. The molecule has 1 nitrogen and oxygen atoms in total. The highest BCUT2D eigenvalue weighted by molar-refractivity contribution is 7.08. The minimum absolute atomic E-state index is 0.267. The Bertz CT molecular complexity index is 1580. The molecule has 1 heterocycles. The van der Waals surface area contributed by atoms with Crippen molar-refractivity contribution in [1.29, 1.82) is 0 Å². The van der Waals surface area contributed by atoms with Gasteiger partial charge in [0.05, 0.1) is 0 Å². The molecule has 0 spiro atoms. The average Bonchev–Trinajstić information content (AvgIpc) is 3.64. The zero-order chi connectivity index (χ0) is 32.4. The minimum Gasteiger partial charge on any atom is -0.294 e. The van der Waals surface area contributed by atoms with E-state index in [2.05, 4.69) is 104 Å². The molecule has 246 valence electrons. The number of benzene rings is 2. The summed E-state index contributed by atoms with van der Waals surface area (Å²) in [5.41, 5.74) is 11.5. The number of hydrogen-bond acceptors (Lipinski definition) is 2. The van der Waals surface area contributed by atoms with Crippen molar-refractivity contribution in [2.24, 2.45) is 17.8 Å². The number of ketones is 1. The summed E-state index contributed by atoms with van der Waals surface area (Å²) < 4.78 is 0. The molecule has 1 fully saturated rings. The highest BCUT2D eigenvalue weighted by Gasteiger charge is 2.26. The second kappa shape index (κ2) is 16.7. The van der Waals surface area contributed by atoms with Gasteiger partial charge in [-0.15, -0.1) is 0 Å². The fourth-order valence-electron chi connectivity index (χ4n) is 8.09. The number of carbonyl (C=O) groups excluding carboxylic acids is 1. The first-order chi connectivity index (χ1) is 23.1. The number of fused-ring (bicyclic) bond motifs is 1. The molecule has 1 saturated carbocycles. The van der Waals surface area contributed by atoms with Crippen LogP contribution in [0.25, 0.3) is 16.7 Å². The Balaban J connectivity index is 1.11. The maximum atomic E-state index is 13.6. The summed E-state index contributed by atoms with van der Waals surface area (Å²) in [6.07, 6.45) is 27.5. The topological polar surface area (TPSA) is 17.1 Å². The van der Waals surface area contributed by atoms with Gasteiger partial charge in [0, 0.05) is 12.0 Å². The molecule has 0 amide bonds. The highest BCUT2D eigenvalue weighted by Crippen LogP contribution is 2.37. The van der Waals surface area contributed by atoms with Gasteiger partial charge in [-0.1, -0.05) is 131 Å². The number of hydrogen-bond donors (Lipinski definition) is 0. The van der Waals surface area contributed by atoms with Crippen LogP contribution in [0.5, 0.6) is 0 Å². The van der Waals surface area contributed by atoms with Crippen LogP contribution in [-0.4, -0.2) is 5.78 Å². The second-order valence-electron chi connectivity index (χ2n) is 14.5. The van der Waals surface area contributed by atoms with Crippen LogP contribution < -0.4 is 0 Å². The zero-order valence-corrected chi connectivity index (χ0v) is 29.6. The molecular formula is C45H54OS. The first kappa shape index (κ1) is 33.7. The molecule has 3 aliphatic rings. The van der Waals surface area contributed by atoms with Gasteiger partial charge in [-0.2, -0.15) is 11.3 Å². The lowest BCUT2D eigenvalue weighted by Crippen LogP contribution is -2.09. The maximum Gasteiger partial charge on any atom is 0.164 e. The summed E-state index contributed by atoms with van der Waals surface area (Å²) in [5.74, 6) is 2.33. The summed E-state index contributed by atoms with van der Waals surface area (Å²) in [6, 6.07) is 20.3. The first-order valence-corrected chi connectivity index (χ1v) is 19.5. The number of rotatable bonds is 8. The molecule has 3 unspecified atom stereocenters. The summed E-state index contributed by atoms with van der Waals surface area (Å²) in [5, 5.41) is 4.29. The smallest absolute Gasteiger partial charge is 0.164 e. The van der Waals surface area contributed by atoms with E-state index in [1.54, 1.807) is 16.9 Å². The van der Waals surface area contributed by atoms with Crippen LogP contribution in [-0.2, 0) is 17.6 Å². The van der Waals surface area contributed by atoms with Gasteiger partial charge in [0.2, 0.25) is 0 Å². The Labute approximate surface area is 288 Å². The molecule has 2 heteroatoms. The molecule has 3 aromatic rings. The van der Waals surface area contributed by atoms with Gasteiger partial charge in [-0.25, -0.2) is 0 Å². The molecular weight excluding hydrogens is 589 g/mol. The van der Waals surface area contributed by atoms with E-state index in [0.717, 1.165) is 61.5 Å². The van der Waals surface area contributed by atoms with Gasteiger partial charge in [0.1, 0.15) is 0 Å². The second-order valence-corrected chi connectivity index (χ2v) is 15.3. The quantitative estimate of drug-likeness (QED) is 0.223. The molecule has 47 heavy (non-hydrogen) atoms. The van der Waals surface area contributed by atoms with Crippen LogP contribution in [0, 0.1) is 17.8 Å². The molecule has 3 aliphatic carbocycles. The lowest BCUT2D eigenvalue weighted by atomic mass is 9.87. The third-order valence-electron chi connectivity index (χ3n) is 11.1. The average molecular weight is 643 g/mol. The highest BCUT2D eigenvalue weighted by atomic mass is 32.1. The van der Waals surface area contributed by atoms with Crippen molar-refractivity contribution in [2.75, 3.05) is 0 Å². The zero-order valence-electron chi connectivity index (χ0n) is 28.8. The summed E-state index contributed by atoms with van der Waals surface area (Å²) in [7, 11) is 0. The van der Waals surface area contributed by atoms with Gasteiger partial charge in [-0.3, -0.25) is 4.79 Å². The summed E-state index contributed by atoms with van der Waals surface area (Å²) in [4.78, 5) is 13.6. The number of carbonyl (C=O) groups is 1. The lowest BCUT2D eigenvalue weighted by Gasteiger charge is -2.17. The monoisotopic (exact) mass is 642 g/mol. The van der Waals surface area contributed by atoms with E-state index < -0.39 is 0 Å². The van der Waals surface area contributed by atoms with Crippen LogP contribution in [0.4, 0.5) is 0 Å². The fourth-order valence-corrected chi connectivity index (χ4v) is 8.75. The molecule has 3 atom stereocenters. The number of aryl methyl sites for hydroxylation is 1. The van der Waals surface area contributed by atoms with Crippen molar-refractivity contribution in [1.82, 2.24) is 0 Å². The van der Waals surface area contributed by atoms with E-state index in [1.165, 1.54) is 84.8 Å². The molecule has 1 aromatic heterocycles. The van der Waals surface area contributed by atoms with E-state index >= 15 is 0 Å². The SMILES string of the molecule is CCC1CC(=O)C(c2ccc(-c3ccsc3)cc2)=CC2=CCC=C(CCc3ccc(CC4CCCCC(C)CCC4)cc3)CCC=C21. The molecule has 0 N–H and O–H groups in total. The molecule has 0 bridgehead atoms. The maximum absolute atomic E-state index is 13.6. The fraction of sp³-hybridized carbons (Fsp3) is 0.444. The van der Waals surface area contributed by atoms with E-state index in [1.807, 2.05) is 0 Å². The van der Waals surface area contributed by atoms with E-state index in [4.69, 9.17) is 0 Å². The van der Waals surface area contributed by atoms with Crippen molar-refractivity contribution < 1.29 is 4.79 Å². The van der Waals surface area contributed by atoms with Crippen LogP contribution >= 0.6 is 11.3 Å².